The largest absolute Gasteiger partial charge is 0.490 e. The summed E-state index contributed by atoms with van der Waals surface area (Å²) in [5.74, 6) is 1.82. The van der Waals surface area contributed by atoms with Crippen molar-refractivity contribution in [1.82, 2.24) is 0 Å². The van der Waals surface area contributed by atoms with Crippen LogP contribution < -0.4 is 10.5 Å². The van der Waals surface area contributed by atoms with E-state index in [-0.39, 0.29) is 18.0 Å². The van der Waals surface area contributed by atoms with E-state index in [4.69, 9.17) is 10.5 Å². The summed E-state index contributed by atoms with van der Waals surface area (Å²) in [6.07, 6.45) is 5.99. The minimum Gasteiger partial charge on any atom is -0.490 e. The number of hydrogen-bond donors (Lipinski definition) is 1. The van der Waals surface area contributed by atoms with E-state index in [0.717, 1.165) is 17.9 Å². The number of ether oxygens (including phenoxy) is 1. The second-order valence-electron chi connectivity index (χ2n) is 6.20. The van der Waals surface area contributed by atoms with Crippen molar-refractivity contribution in [1.29, 1.82) is 0 Å². The first-order valence-electron chi connectivity index (χ1n) is 7.35. The number of halogens is 1. The molecule has 1 aliphatic carbocycles. The summed E-state index contributed by atoms with van der Waals surface area (Å²) in [4.78, 5) is 0. The highest BCUT2D eigenvalue weighted by atomic mass is 19.1. The zero-order chi connectivity index (χ0) is 13.4. The van der Waals surface area contributed by atoms with Crippen LogP contribution in [0.15, 0.2) is 18.2 Å². The first kappa shape index (κ1) is 12.9. The third kappa shape index (κ3) is 2.62. The molecule has 2 N–H and O–H groups in total. The summed E-state index contributed by atoms with van der Waals surface area (Å²) in [7, 11) is 0. The topological polar surface area (TPSA) is 35.2 Å². The van der Waals surface area contributed by atoms with Crippen LogP contribution in [-0.2, 0) is 0 Å². The van der Waals surface area contributed by atoms with Crippen LogP contribution in [0.2, 0.25) is 0 Å². The molecule has 3 rings (SSSR count). The summed E-state index contributed by atoms with van der Waals surface area (Å²) >= 11 is 0. The van der Waals surface area contributed by atoms with Crippen LogP contribution in [0.25, 0.3) is 0 Å². The van der Waals surface area contributed by atoms with Crippen molar-refractivity contribution in [2.75, 3.05) is 0 Å². The lowest BCUT2D eigenvalue weighted by atomic mass is 9.77. The highest BCUT2D eigenvalue weighted by Crippen LogP contribution is 2.40. The Balaban J connectivity index is 1.76. The van der Waals surface area contributed by atoms with E-state index in [9.17, 15) is 4.39 Å². The minimum absolute atomic E-state index is 0.0197. The van der Waals surface area contributed by atoms with Crippen molar-refractivity contribution in [2.24, 2.45) is 17.6 Å². The molecule has 104 valence electrons. The van der Waals surface area contributed by atoms with Crippen LogP contribution in [0, 0.1) is 17.7 Å². The average molecular weight is 263 g/mol. The Labute approximate surface area is 114 Å². The Hall–Kier alpha value is -1.09. The van der Waals surface area contributed by atoms with Gasteiger partial charge in [0.25, 0.3) is 0 Å². The molecule has 0 bridgehead atoms. The highest BCUT2D eigenvalue weighted by molar-refractivity contribution is 5.38. The van der Waals surface area contributed by atoms with Crippen molar-refractivity contribution in [3.05, 3.63) is 29.6 Å². The van der Waals surface area contributed by atoms with Gasteiger partial charge in [-0.3, -0.25) is 0 Å². The lowest BCUT2D eigenvalue weighted by Gasteiger charge is -2.38. The van der Waals surface area contributed by atoms with Crippen LogP contribution in [0.3, 0.4) is 0 Å². The van der Waals surface area contributed by atoms with Gasteiger partial charge in [-0.25, -0.2) is 4.39 Å². The molecule has 1 heterocycles. The summed E-state index contributed by atoms with van der Waals surface area (Å²) in [6, 6.07) is 4.68. The molecule has 0 aromatic heterocycles. The Morgan fingerprint density at radius 3 is 2.68 bits per heavy atom. The van der Waals surface area contributed by atoms with Gasteiger partial charge in [-0.05, 0) is 30.7 Å². The van der Waals surface area contributed by atoms with E-state index in [1.165, 1.54) is 37.8 Å². The molecular formula is C16H22FNO. The molecule has 1 saturated carbocycles. The number of nitrogens with two attached hydrogens (primary N) is 1. The third-order valence-electron chi connectivity index (χ3n) is 4.73. The zero-order valence-electron chi connectivity index (χ0n) is 11.4. The zero-order valence-corrected chi connectivity index (χ0v) is 11.4. The fraction of sp³-hybridized carbons (Fsp3) is 0.625. The first-order valence-corrected chi connectivity index (χ1v) is 7.35. The van der Waals surface area contributed by atoms with Crippen LogP contribution in [-0.4, -0.2) is 6.10 Å². The highest BCUT2D eigenvalue weighted by Gasteiger charge is 2.33. The van der Waals surface area contributed by atoms with Gasteiger partial charge >= 0.3 is 0 Å². The van der Waals surface area contributed by atoms with Crippen molar-refractivity contribution >= 4 is 0 Å². The Bertz CT molecular complexity index is 454. The second kappa shape index (κ2) is 5.12. The Kier molecular flexibility index (Phi) is 3.48. The molecule has 3 heteroatoms. The predicted molar refractivity (Wildman–Crippen MR) is 73.5 cm³/mol. The van der Waals surface area contributed by atoms with Gasteiger partial charge in [0.15, 0.2) is 0 Å². The first-order chi connectivity index (χ1) is 9.13. The van der Waals surface area contributed by atoms with Gasteiger partial charge in [0.1, 0.15) is 17.7 Å². The summed E-state index contributed by atoms with van der Waals surface area (Å²) in [5.41, 5.74) is 7.16. The van der Waals surface area contributed by atoms with Crippen molar-refractivity contribution in [2.45, 2.75) is 51.2 Å². The van der Waals surface area contributed by atoms with E-state index in [1.807, 2.05) is 0 Å². The molecule has 0 amide bonds. The van der Waals surface area contributed by atoms with Gasteiger partial charge in [-0.1, -0.05) is 25.8 Å². The minimum atomic E-state index is -0.246. The fourth-order valence-electron chi connectivity index (χ4n) is 3.45. The van der Waals surface area contributed by atoms with Gasteiger partial charge in [0, 0.05) is 24.1 Å². The number of rotatable bonds is 1. The van der Waals surface area contributed by atoms with Gasteiger partial charge in [0.05, 0.1) is 0 Å². The summed E-state index contributed by atoms with van der Waals surface area (Å²) in [5, 5.41) is 0. The van der Waals surface area contributed by atoms with E-state index in [2.05, 4.69) is 6.92 Å². The van der Waals surface area contributed by atoms with Crippen LogP contribution in [0.4, 0.5) is 4.39 Å². The molecule has 1 fully saturated rings. The lowest BCUT2D eigenvalue weighted by molar-refractivity contribution is 0.0699. The van der Waals surface area contributed by atoms with E-state index < -0.39 is 0 Å². The quantitative estimate of drug-likeness (QED) is 0.836. The SMILES string of the molecule is CC1CCC(C2C[C@H](N)c3ccc(F)cc3O2)CC1. The Morgan fingerprint density at radius 1 is 1.21 bits per heavy atom. The maximum atomic E-state index is 13.3. The maximum Gasteiger partial charge on any atom is 0.127 e. The molecule has 2 aliphatic rings. The van der Waals surface area contributed by atoms with Gasteiger partial charge in [-0.15, -0.1) is 0 Å². The number of fused-ring (bicyclic) bond motifs is 1. The Morgan fingerprint density at radius 2 is 1.95 bits per heavy atom. The second-order valence-corrected chi connectivity index (χ2v) is 6.20. The normalized spacial score (nSPS) is 34.5. The molecule has 1 aromatic rings. The molecule has 0 saturated heterocycles. The fourth-order valence-corrected chi connectivity index (χ4v) is 3.45. The lowest BCUT2D eigenvalue weighted by Crippen LogP contribution is -2.37. The van der Waals surface area contributed by atoms with Crippen LogP contribution >= 0.6 is 0 Å². The third-order valence-corrected chi connectivity index (χ3v) is 4.73. The molecule has 2 atom stereocenters. The molecule has 1 aromatic carbocycles. The van der Waals surface area contributed by atoms with Gasteiger partial charge < -0.3 is 10.5 Å². The standard InChI is InChI=1S/C16H22FNO/c1-10-2-4-11(5-3-10)15-9-14(18)13-7-6-12(17)8-16(13)19-15/h6-8,10-11,14-15H,2-5,9,18H2,1H3/t10?,11?,14-,15?/m0/s1. The molecular weight excluding hydrogens is 241 g/mol. The van der Waals surface area contributed by atoms with Gasteiger partial charge in [0.2, 0.25) is 0 Å². The number of benzene rings is 1. The molecule has 1 unspecified atom stereocenters. The van der Waals surface area contributed by atoms with Crippen LogP contribution in [0.5, 0.6) is 5.75 Å². The van der Waals surface area contributed by atoms with Crippen molar-refractivity contribution in [3.8, 4) is 5.75 Å². The number of hydrogen-bond acceptors (Lipinski definition) is 2. The predicted octanol–water partition coefficient (Wildman–Crippen LogP) is 3.80. The van der Waals surface area contributed by atoms with Gasteiger partial charge in [-0.2, -0.15) is 0 Å². The monoisotopic (exact) mass is 263 g/mol. The molecule has 2 nitrogen and oxygen atoms in total. The van der Waals surface area contributed by atoms with E-state index in [1.54, 1.807) is 6.07 Å². The van der Waals surface area contributed by atoms with E-state index >= 15 is 0 Å². The summed E-state index contributed by atoms with van der Waals surface area (Å²) < 4.78 is 19.4. The molecule has 0 spiro atoms. The maximum absolute atomic E-state index is 13.3. The van der Waals surface area contributed by atoms with Crippen molar-refractivity contribution in [3.63, 3.8) is 0 Å². The van der Waals surface area contributed by atoms with Crippen molar-refractivity contribution < 1.29 is 9.13 Å². The summed E-state index contributed by atoms with van der Waals surface area (Å²) in [6.45, 7) is 2.31. The van der Waals surface area contributed by atoms with E-state index in [0.29, 0.717) is 11.7 Å². The smallest absolute Gasteiger partial charge is 0.127 e. The molecule has 19 heavy (non-hydrogen) atoms. The average Bonchev–Trinajstić information content (AvgIpc) is 2.38. The molecule has 1 aliphatic heterocycles. The van der Waals surface area contributed by atoms with Crippen LogP contribution in [0.1, 0.15) is 50.6 Å². The molecule has 0 radical (unpaired) electrons.